The molecule has 0 spiro atoms. The second-order valence-electron chi connectivity index (χ2n) is 7.77. The van der Waals surface area contributed by atoms with Crippen LogP contribution in [0.3, 0.4) is 0 Å². The van der Waals surface area contributed by atoms with Gasteiger partial charge in [-0.3, -0.25) is 10.1 Å². The average molecular weight is 387 g/mol. The number of hydrogen-bond acceptors (Lipinski definition) is 6. The molecule has 28 heavy (non-hydrogen) atoms. The van der Waals surface area contributed by atoms with Gasteiger partial charge in [-0.25, -0.2) is 9.48 Å². The fourth-order valence-electron chi connectivity index (χ4n) is 3.19. The van der Waals surface area contributed by atoms with Crippen molar-refractivity contribution in [2.45, 2.75) is 45.3 Å². The van der Waals surface area contributed by atoms with Gasteiger partial charge in [-0.05, 0) is 51.8 Å². The minimum Gasteiger partial charge on any atom is -0.444 e. The Kier molecular flexibility index (Phi) is 5.53. The Morgan fingerprint density at radius 1 is 1.29 bits per heavy atom. The van der Waals surface area contributed by atoms with Gasteiger partial charge in [0.05, 0.1) is 4.92 Å². The van der Waals surface area contributed by atoms with E-state index in [1.54, 1.807) is 41.6 Å². The van der Waals surface area contributed by atoms with Crippen molar-refractivity contribution in [1.29, 1.82) is 0 Å². The molecule has 0 atom stereocenters. The van der Waals surface area contributed by atoms with Crippen LogP contribution in [0.2, 0.25) is 0 Å². The van der Waals surface area contributed by atoms with Crippen LogP contribution in [-0.4, -0.2) is 50.4 Å². The molecular formula is C19H25N5O4. The molecule has 0 radical (unpaired) electrons. The van der Waals surface area contributed by atoms with Gasteiger partial charge >= 0.3 is 11.8 Å². The molecule has 3 rings (SSSR count). The number of benzene rings is 1. The number of carbonyl (C=O) groups is 1. The highest BCUT2D eigenvalue weighted by Crippen LogP contribution is 2.32. The van der Waals surface area contributed by atoms with Gasteiger partial charge in [0, 0.05) is 31.5 Å². The number of likely N-dealkylation sites (tertiary alicyclic amines) is 1. The Labute approximate surface area is 163 Å². The summed E-state index contributed by atoms with van der Waals surface area (Å²) in [6.07, 6.45) is 4.30. The molecule has 1 fully saturated rings. The van der Waals surface area contributed by atoms with E-state index in [9.17, 15) is 14.9 Å². The first-order valence-electron chi connectivity index (χ1n) is 9.26. The molecule has 2 heterocycles. The quantitative estimate of drug-likeness (QED) is 0.635. The number of rotatable bonds is 4. The number of hydrogen-bond donors (Lipinski definition) is 1. The number of amides is 1. The topological polar surface area (TPSA) is 103 Å². The zero-order valence-electron chi connectivity index (χ0n) is 16.3. The molecule has 0 unspecified atom stereocenters. The first kappa shape index (κ1) is 19.7. The highest BCUT2D eigenvalue weighted by molar-refractivity contribution is 5.71. The molecular weight excluding hydrogens is 362 g/mol. The van der Waals surface area contributed by atoms with Crippen molar-refractivity contribution in [2.24, 2.45) is 0 Å². The third kappa shape index (κ3) is 4.59. The molecule has 2 aromatic rings. The van der Waals surface area contributed by atoms with Gasteiger partial charge in [0.25, 0.3) is 0 Å². The number of ether oxygens (including phenoxy) is 1. The van der Waals surface area contributed by atoms with Gasteiger partial charge in [-0.1, -0.05) is 6.07 Å². The molecule has 0 bridgehead atoms. The lowest BCUT2D eigenvalue weighted by Gasteiger charge is -2.34. The van der Waals surface area contributed by atoms with Crippen LogP contribution in [0.4, 0.5) is 16.2 Å². The molecule has 1 saturated heterocycles. The monoisotopic (exact) mass is 387 g/mol. The fraction of sp³-hybridized carbons (Fsp3) is 0.474. The Balaban J connectivity index is 1.69. The first-order valence-corrected chi connectivity index (χ1v) is 9.26. The average Bonchev–Trinajstić information content (AvgIpc) is 3.15. The zero-order chi connectivity index (χ0) is 20.3. The van der Waals surface area contributed by atoms with E-state index in [2.05, 4.69) is 10.4 Å². The number of piperidine rings is 1. The highest BCUT2D eigenvalue weighted by atomic mass is 16.6. The van der Waals surface area contributed by atoms with Crippen LogP contribution in [0.15, 0.2) is 36.7 Å². The molecule has 1 aromatic heterocycles. The summed E-state index contributed by atoms with van der Waals surface area (Å²) < 4.78 is 6.89. The van der Waals surface area contributed by atoms with Crippen molar-refractivity contribution in [3.63, 3.8) is 0 Å². The van der Waals surface area contributed by atoms with Crippen molar-refractivity contribution in [1.82, 2.24) is 14.7 Å². The second kappa shape index (κ2) is 7.87. The van der Waals surface area contributed by atoms with Crippen LogP contribution in [0.25, 0.3) is 5.69 Å². The predicted molar refractivity (Wildman–Crippen MR) is 105 cm³/mol. The van der Waals surface area contributed by atoms with E-state index in [0.717, 1.165) is 0 Å². The summed E-state index contributed by atoms with van der Waals surface area (Å²) in [6, 6.07) is 6.89. The number of carbonyl (C=O) groups excluding carboxylic acids is 1. The van der Waals surface area contributed by atoms with Gasteiger partial charge in [-0.2, -0.15) is 5.10 Å². The number of nitro groups is 1. The van der Waals surface area contributed by atoms with E-state index in [1.165, 1.54) is 4.68 Å². The number of anilines is 1. The molecule has 1 amide bonds. The van der Waals surface area contributed by atoms with Crippen LogP contribution in [-0.2, 0) is 4.74 Å². The maximum atomic E-state index is 12.2. The SMILES string of the molecule is CC(C)(C)OC(=O)N1CCC(Nc2cccc(-n3cccn3)c2[N+](=O)[O-])CC1. The summed E-state index contributed by atoms with van der Waals surface area (Å²) in [7, 11) is 0. The Bertz CT molecular complexity index is 837. The van der Waals surface area contributed by atoms with Crippen molar-refractivity contribution < 1.29 is 14.5 Å². The summed E-state index contributed by atoms with van der Waals surface area (Å²) in [5.41, 5.74) is 0.320. The fourth-order valence-corrected chi connectivity index (χ4v) is 3.19. The lowest BCUT2D eigenvalue weighted by molar-refractivity contribution is -0.383. The normalized spacial score (nSPS) is 15.3. The summed E-state index contributed by atoms with van der Waals surface area (Å²) in [5.74, 6) is 0. The van der Waals surface area contributed by atoms with E-state index in [0.29, 0.717) is 37.3 Å². The standard InChI is InChI=1S/C19H25N5O4/c1-19(2,3)28-18(25)22-12-8-14(9-13-22)21-15-6-4-7-16(17(15)24(26)27)23-11-5-10-20-23/h4-7,10-11,14,21H,8-9,12-13H2,1-3H3. The van der Waals surface area contributed by atoms with Gasteiger partial charge in [0.2, 0.25) is 0 Å². The largest absolute Gasteiger partial charge is 0.444 e. The number of nitrogens with zero attached hydrogens (tertiary/aromatic N) is 4. The number of nitro benzene ring substituents is 1. The molecule has 0 saturated carbocycles. The number of nitrogens with one attached hydrogen (secondary N) is 1. The van der Waals surface area contributed by atoms with E-state index in [4.69, 9.17) is 4.74 Å². The summed E-state index contributed by atoms with van der Waals surface area (Å²) in [6.45, 7) is 6.60. The second-order valence-corrected chi connectivity index (χ2v) is 7.77. The Morgan fingerprint density at radius 2 is 2.00 bits per heavy atom. The third-order valence-electron chi connectivity index (χ3n) is 4.45. The van der Waals surface area contributed by atoms with Crippen LogP contribution >= 0.6 is 0 Å². The Morgan fingerprint density at radius 3 is 2.57 bits per heavy atom. The summed E-state index contributed by atoms with van der Waals surface area (Å²) in [4.78, 5) is 25.2. The zero-order valence-corrected chi connectivity index (χ0v) is 16.3. The molecule has 1 N–H and O–H groups in total. The molecule has 1 aromatic carbocycles. The van der Waals surface area contributed by atoms with Gasteiger partial charge < -0.3 is 15.0 Å². The van der Waals surface area contributed by atoms with Crippen LogP contribution in [0, 0.1) is 10.1 Å². The summed E-state index contributed by atoms with van der Waals surface area (Å²) >= 11 is 0. The lowest BCUT2D eigenvalue weighted by atomic mass is 10.0. The lowest BCUT2D eigenvalue weighted by Crippen LogP contribution is -2.44. The first-order chi connectivity index (χ1) is 13.2. The van der Waals surface area contributed by atoms with Crippen LogP contribution in [0.1, 0.15) is 33.6 Å². The van der Waals surface area contributed by atoms with Crippen LogP contribution < -0.4 is 5.32 Å². The minimum absolute atomic E-state index is 0.0132. The van der Waals surface area contributed by atoms with E-state index >= 15 is 0 Å². The maximum Gasteiger partial charge on any atom is 0.410 e. The molecule has 9 heteroatoms. The van der Waals surface area contributed by atoms with Crippen molar-refractivity contribution in [2.75, 3.05) is 18.4 Å². The van der Waals surface area contributed by atoms with E-state index in [-0.39, 0.29) is 17.8 Å². The number of para-hydroxylation sites is 1. The summed E-state index contributed by atoms with van der Waals surface area (Å²) in [5, 5.41) is 19.1. The smallest absolute Gasteiger partial charge is 0.410 e. The molecule has 9 nitrogen and oxygen atoms in total. The molecule has 1 aliphatic heterocycles. The Hall–Kier alpha value is -3.10. The highest BCUT2D eigenvalue weighted by Gasteiger charge is 2.29. The maximum absolute atomic E-state index is 12.2. The van der Waals surface area contributed by atoms with E-state index < -0.39 is 10.5 Å². The molecule has 150 valence electrons. The minimum atomic E-state index is -0.528. The molecule has 1 aliphatic rings. The molecule has 0 aliphatic carbocycles. The van der Waals surface area contributed by atoms with Crippen LogP contribution in [0.5, 0.6) is 0 Å². The van der Waals surface area contributed by atoms with Crippen molar-refractivity contribution in [3.05, 3.63) is 46.8 Å². The van der Waals surface area contributed by atoms with Gasteiger partial charge in [-0.15, -0.1) is 0 Å². The number of aromatic nitrogens is 2. The third-order valence-corrected chi connectivity index (χ3v) is 4.45. The van der Waals surface area contributed by atoms with Gasteiger partial charge in [0.1, 0.15) is 17.0 Å². The van der Waals surface area contributed by atoms with Crippen molar-refractivity contribution >= 4 is 17.5 Å². The predicted octanol–water partition coefficient (Wildman–Crippen LogP) is 3.59. The van der Waals surface area contributed by atoms with E-state index in [1.807, 2.05) is 20.8 Å². The van der Waals surface area contributed by atoms with Gasteiger partial charge in [0.15, 0.2) is 0 Å². The van der Waals surface area contributed by atoms with Crippen molar-refractivity contribution in [3.8, 4) is 5.69 Å².